The van der Waals surface area contributed by atoms with Gasteiger partial charge in [-0.05, 0) is 53.7 Å². The topological polar surface area (TPSA) is 93.0 Å². The van der Waals surface area contributed by atoms with Crippen molar-refractivity contribution in [2.24, 2.45) is 0 Å². The van der Waals surface area contributed by atoms with Gasteiger partial charge < -0.3 is 10.2 Å². The molecule has 3 unspecified atom stereocenters. The number of benzene rings is 2. The van der Waals surface area contributed by atoms with E-state index in [1.54, 1.807) is 13.0 Å². The summed E-state index contributed by atoms with van der Waals surface area (Å²) >= 11 is 0. The number of carbonyl (C=O) groups is 2. The molecule has 1 aliphatic heterocycles. The molecule has 2 aliphatic rings. The highest BCUT2D eigenvalue weighted by Gasteiger charge is 2.40. The highest BCUT2D eigenvalue weighted by molar-refractivity contribution is 5.88. The molecule has 0 spiro atoms. The maximum Gasteiger partial charge on any atom is 0.247 e. The minimum Gasteiger partial charge on any atom is -0.343 e. The van der Waals surface area contributed by atoms with E-state index in [-0.39, 0.29) is 31.2 Å². The predicted octanol–water partition coefficient (Wildman–Crippen LogP) is 2.84. The number of nitrogens with zero attached hydrogens (tertiary/aromatic N) is 5. The lowest BCUT2D eigenvalue weighted by Gasteiger charge is -2.27. The Morgan fingerprint density at radius 1 is 1.14 bits per heavy atom. The molecule has 182 valence electrons. The molecular formula is C25H26F2N6O2. The molecule has 2 heterocycles. The van der Waals surface area contributed by atoms with Gasteiger partial charge in [0.2, 0.25) is 11.8 Å². The first kappa shape index (κ1) is 23.1. The van der Waals surface area contributed by atoms with Gasteiger partial charge in [-0.25, -0.2) is 8.78 Å². The van der Waals surface area contributed by atoms with Crippen molar-refractivity contribution in [3.63, 3.8) is 0 Å². The van der Waals surface area contributed by atoms with Crippen molar-refractivity contribution in [1.82, 2.24) is 30.4 Å². The first-order valence-electron chi connectivity index (χ1n) is 11.7. The number of hydrogen-bond donors (Lipinski definition) is 1. The lowest BCUT2D eigenvalue weighted by Crippen LogP contribution is -2.48. The monoisotopic (exact) mass is 480 g/mol. The zero-order chi connectivity index (χ0) is 24.5. The van der Waals surface area contributed by atoms with Crippen LogP contribution in [-0.4, -0.2) is 55.7 Å². The lowest BCUT2D eigenvalue weighted by molar-refractivity contribution is -0.139. The van der Waals surface area contributed by atoms with E-state index < -0.39 is 30.1 Å². The number of aryl methyl sites for hydroxylation is 1. The van der Waals surface area contributed by atoms with Crippen molar-refractivity contribution >= 4 is 11.8 Å². The number of nitrogens with one attached hydrogen (secondary N) is 1. The third-order valence-electron chi connectivity index (χ3n) is 6.50. The average Bonchev–Trinajstić information content (AvgIpc) is 3.49. The van der Waals surface area contributed by atoms with Gasteiger partial charge in [-0.3, -0.25) is 9.59 Å². The largest absolute Gasteiger partial charge is 0.343 e. The summed E-state index contributed by atoms with van der Waals surface area (Å²) in [6, 6.07) is 12.6. The molecule has 35 heavy (non-hydrogen) atoms. The van der Waals surface area contributed by atoms with Crippen molar-refractivity contribution < 1.29 is 18.4 Å². The van der Waals surface area contributed by atoms with Gasteiger partial charge >= 0.3 is 0 Å². The molecule has 1 aromatic heterocycles. The van der Waals surface area contributed by atoms with Crippen molar-refractivity contribution in [2.45, 2.75) is 56.9 Å². The van der Waals surface area contributed by atoms with Crippen LogP contribution in [0.5, 0.6) is 0 Å². The summed E-state index contributed by atoms with van der Waals surface area (Å²) in [4.78, 5) is 28.6. The van der Waals surface area contributed by atoms with E-state index in [0.717, 1.165) is 23.2 Å². The second kappa shape index (κ2) is 9.52. The molecule has 5 rings (SSSR count). The quantitative estimate of drug-likeness (QED) is 0.562. The van der Waals surface area contributed by atoms with Crippen LogP contribution in [-0.2, 0) is 16.1 Å². The third kappa shape index (κ3) is 5.06. The Balaban J connectivity index is 1.38. The zero-order valence-corrected chi connectivity index (χ0v) is 19.3. The molecule has 10 heteroatoms. The highest BCUT2D eigenvalue weighted by atomic mass is 19.1. The van der Waals surface area contributed by atoms with Crippen LogP contribution in [0.25, 0.3) is 0 Å². The Labute approximate surface area is 201 Å². The maximum atomic E-state index is 14.8. The Morgan fingerprint density at radius 3 is 2.57 bits per heavy atom. The van der Waals surface area contributed by atoms with Crippen LogP contribution in [0.15, 0.2) is 48.5 Å². The normalized spacial score (nSPS) is 20.6. The van der Waals surface area contributed by atoms with Gasteiger partial charge in [0.05, 0.1) is 12.6 Å². The molecule has 1 saturated carbocycles. The van der Waals surface area contributed by atoms with Crippen molar-refractivity contribution in [1.29, 1.82) is 0 Å². The number of carbonyl (C=O) groups excluding carboxylic acids is 2. The zero-order valence-electron chi connectivity index (χ0n) is 19.3. The first-order valence-corrected chi connectivity index (χ1v) is 11.7. The molecular weight excluding hydrogens is 454 g/mol. The number of tetrazole rings is 1. The number of halogens is 2. The van der Waals surface area contributed by atoms with E-state index in [9.17, 15) is 18.4 Å². The minimum absolute atomic E-state index is 0.113. The fourth-order valence-electron chi connectivity index (χ4n) is 4.60. The summed E-state index contributed by atoms with van der Waals surface area (Å²) in [5.41, 5.74) is 2.03. The molecule has 2 fully saturated rings. The molecule has 3 atom stereocenters. The standard InChI is InChI=1S/C25H26F2N6O2/c1-15-29-31-33(30-15)14-23(34)32-13-19(26)12-22(32)25(35)28-24(17-5-3-2-4-6-17)18-9-10-20(16-7-8-16)21(27)11-18/h2-6,9-11,16,19,22,24H,7-8,12-14H2,1H3,(H,28,35). The number of alkyl halides is 1. The van der Waals surface area contributed by atoms with E-state index >= 15 is 0 Å². The fourth-order valence-corrected chi connectivity index (χ4v) is 4.60. The highest BCUT2D eigenvalue weighted by Crippen LogP contribution is 2.41. The van der Waals surface area contributed by atoms with Crippen LogP contribution in [0, 0.1) is 12.7 Å². The van der Waals surface area contributed by atoms with E-state index in [2.05, 4.69) is 20.7 Å². The molecule has 8 nitrogen and oxygen atoms in total. The van der Waals surface area contributed by atoms with Gasteiger partial charge in [-0.2, -0.15) is 4.80 Å². The van der Waals surface area contributed by atoms with Crippen molar-refractivity contribution in [3.05, 3.63) is 76.9 Å². The Kier molecular flexibility index (Phi) is 6.27. The summed E-state index contributed by atoms with van der Waals surface area (Å²) in [5, 5.41) is 14.4. The minimum atomic E-state index is -1.33. The van der Waals surface area contributed by atoms with Gasteiger partial charge in [0.25, 0.3) is 0 Å². The Hall–Kier alpha value is -3.69. The van der Waals surface area contributed by atoms with Crippen LogP contribution in [0.2, 0.25) is 0 Å². The van der Waals surface area contributed by atoms with Crippen LogP contribution in [0.4, 0.5) is 8.78 Å². The lowest BCUT2D eigenvalue weighted by atomic mass is 9.96. The van der Waals surface area contributed by atoms with Crippen molar-refractivity contribution in [2.75, 3.05) is 6.54 Å². The van der Waals surface area contributed by atoms with Crippen LogP contribution in [0.3, 0.4) is 0 Å². The predicted molar refractivity (Wildman–Crippen MR) is 122 cm³/mol. The molecule has 0 bridgehead atoms. The molecule has 0 radical (unpaired) electrons. The van der Waals surface area contributed by atoms with Crippen LogP contribution in [0.1, 0.15) is 53.7 Å². The van der Waals surface area contributed by atoms with E-state index in [0.29, 0.717) is 17.0 Å². The maximum absolute atomic E-state index is 14.8. The molecule has 1 aliphatic carbocycles. The van der Waals surface area contributed by atoms with Gasteiger partial charge in [0.15, 0.2) is 5.82 Å². The number of amides is 2. The number of likely N-dealkylation sites (tertiary alicyclic amines) is 1. The molecule has 2 aromatic carbocycles. The SMILES string of the molecule is Cc1nnn(CC(=O)N2CC(F)CC2C(=O)NC(c2ccccc2)c2ccc(C3CC3)c(F)c2)n1. The van der Waals surface area contributed by atoms with E-state index in [4.69, 9.17) is 0 Å². The number of rotatable bonds is 7. The summed E-state index contributed by atoms with van der Waals surface area (Å²) < 4.78 is 29.2. The second-order valence-electron chi connectivity index (χ2n) is 9.17. The summed E-state index contributed by atoms with van der Waals surface area (Å²) in [5.74, 6) is -0.600. The summed E-state index contributed by atoms with van der Waals surface area (Å²) in [6.45, 7) is 1.21. The average molecular weight is 481 g/mol. The summed E-state index contributed by atoms with van der Waals surface area (Å²) in [6.07, 6.45) is 0.520. The first-order chi connectivity index (χ1) is 16.9. The van der Waals surface area contributed by atoms with Gasteiger partial charge in [0, 0.05) is 6.42 Å². The van der Waals surface area contributed by atoms with E-state index in [1.807, 2.05) is 36.4 Å². The molecule has 1 N–H and O–H groups in total. The third-order valence-corrected chi connectivity index (χ3v) is 6.50. The fraction of sp³-hybridized carbons (Fsp3) is 0.400. The van der Waals surface area contributed by atoms with Crippen LogP contribution < -0.4 is 5.32 Å². The van der Waals surface area contributed by atoms with Crippen molar-refractivity contribution in [3.8, 4) is 0 Å². The Bertz CT molecular complexity index is 1230. The Morgan fingerprint density at radius 2 is 1.91 bits per heavy atom. The van der Waals surface area contributed by atoms with Gasteiger partial charge in [0.1, 0.15) is 24.6 Å². The number of hydrogen-bond acceptors (Lipinski definition) is 5. The molecule has 3 aromatic rings. The molecule has 1 saturated heterocycles. The van der Waals surface area contributed by atoms with Gasteiger partial charge in [-0.15, -0.1) is 10.2 Å². The second-order valence-corrected chi connectivity index (χ2v) is 9.17. The number of aromatic nitrogens is 4. The van der Waals surface area contributed by atoms with E-state index in [1.165, 1.54) is 11.0 Å². The molecule has 2 amide bonds. The smallest absolute Gasteiger partial charge is 0.247 e. The summed E-state index contributed by atoms with van der Waals surface area (Å²) in [7, 11) is 0. The van der Waals surface area contributed by atoms with Crippen LogP contribution >= 0.6 is 0 Å². The van der Waals surface area contributed by atoms with Gasteiger partial charge in [-0.1, -0.05) is 42.5 Å².